The third kappa shape index (κ3) is 4.12. The summed E-state index contributed by atoms with van der Waals surface area (Å²) in [6.07, 6.45) is 5.35. The van der Waals surface area contributed by atoms with Gasteiger partial charge in [0.25, 0.3) is 0 Å². The van der Waals surface area contributed by atoms with Crippen molar-refractivity contribution >= 4 is 5.84 Å². The van der Waals surface area contributed by atoms with Crippen LogP contribution in [0.15, 0.2) is 12.4 Å². The molecule has 0 amide bonds. The molecule has 1 aromatic rings. The molecule has 0 aliphatic carbocycles. The van der Waals surface area contributed by atoms with Gasteiger partial charge in [-0.25, -0.2) is 4.98 Å². The van der Waals surface area contributed by atoms with Crippen LogP contribution in [0.4, 0.5) is 0 Å². The molecule has 0 saturated carbocycles. The van der Waals surface area contributed by atoms with E-state index in [1.165, 1.54) is 0 Å². The third-order valence-corrected chi connectivity index (χ3v) is 2.32. The van der Waals surface area contributed by atoms with Crippen molar-refractivity contribution in [1.82, 2.24) is 14.5 Å². The molecular weight excluding hydrogens is 190 g/mol. The molecule has 0 aliphatic heterocycles. The highest BCUT2D eigenvalue weighted by Gasteiger charge is 2.04. The number of imidazole rings is 1. The molecule has 0 fully saturated rings. The van der Waals surface area contributed by atoms with Gasteiger partial charge in [-0.1, -0.05) is 0 Å². The zero-order chi connectivity index (χ0) is 11.3. The second-order valence-electron chi connectivity index (χ2n) is 3.82. The van der Waals surface area contributed by atoms with Crippen LogP contribution in [0, 0.1) is 5.41 Å². The molecule has 0 bridgehead atoms. The van der Waals surface area contributed by atoms with Crippen molar-refractivity contribution in [2.24, 2.45) is 12.8 Å². The molecule has 0 unspecified atom stereocenters. The van der Waals surface area contributed by atoms with Gasteiger partial charge in [-0.2, -0.15) is 0 Å². The SMILES string of the molecule is CN(CCCC(=N)N)Cc1nccn1C. The fraction of sp³-hybridized carbons (Fsp3) is 0.600. The van der Waals surface area contributed by atoms with Gasteiger partial charge in [-0.05, 0) is 20.0 Å². The van der Waals surface area contributed by atoms with Gasteiger partial charge >= 0.3 is 0 Å². The topological polar surface area (TPSA) is 70.9 Å². The lowest BCUT2D eigenvalue weighted by molar-refractivity contribution is 0.312. The molecule has 5 heteroatoms. The predicted molar refractivity (Wildman–Crippen MR) is 60.7 cm³/mol. The summed E-state index contributed by atoms with van der Waals surface area (Å²) in [5, 5.41) is 7.11. The van der Waals surface area contributed by atoms with Crippen molar-refractivity contribution in [3.8, 4) is 0 Å². The number of nitrogens with one attached hydrogen (secondary N) is 1. The van der Waals surface area contributed by atoms with Crippen molar-refractivity contribution in [2.45, 2.75) is 19.4 Å². The number of nitrogens with two attached hydrogens (primary N) is 1. The molecular formula is C10H19N5. The van der Waals surface area contributed by atoms with E-state index >= 15 is 0 Å². The van der Waals surface area contributed by atoms with Crippen LogP contribution in [0.25, 0.3) is 0 Å². The van der Waals surface area contributed by atoms with Crippen LogP contribution in [0.5, 0.6) is 0 Å². The molecule has 0 saturated heterocycles. The first kappa shape index (κ1) is 11.7. The monoisotopic (exact) mass is 209 g/mol. The maximum Gasteiger partial charge on any atom is 0.122 e. The van der Waals surface area contributed by atoms with Crippen molar-refractivity contribution in [1.29, 1.82) is 5.41 Å². The molecule has 3 N–H and O–H groups in total. The fourth-order valence-electron chi connectivity index (χ4n) is 1.41. The standard InChI is InChI=1S/C10H19N5/c1-14(6-3-4-9(11)12)8-10-13-5-7-15(10)2/h5,7H,3-4,6,8H2,1-2H3,(H3,11,12). The van der Waals surface area contributed by atoms with Gasteiger partial charge in [0.1, 0.15) is 5.82 Å². The number of amidine groups is 1. The molecule has 0 aliphatic rings. The quantitative estimate of drug-likeness (QED) is 0.531. The van der Waals surface area contributed by atoms with E-state index in [0.29, 0.717) is 6.42 Å². The summed E-state index contributed by atoms with van der Waals surface area (Å²) in [5.74, 6) is 1.32. The van der Waals surface area contributed by atoms with E-state index in [9.17, 15) is 0 Å². The number of hydrogen-bond donors (Lipinski definition) is 2. The minimum absolute atomic E-state index is 0.264. The first-order valence-electron chi connectivity index (χ1n) is 5.07. The number of aryl methyl sites for hydroxylation is 1. The summed E-state index contributed by atoms with van der Waals surface area (Å²) in [7, 11) is 4.04. The van der Waals surface area contributed by atoms with Crippen LogP contribution in [-0.2, 0) is 13.6 Å². The van der Waals surface area contributed by atoms with Crippen molar-refractivity contribution in [3.63, 3.8) is 0 Å². The first-order chi connectivity index (χ1) is 7.09. The summed E-state index contributed by atoms with van der Waals surface area (Å²) in [6, 6.07) is 0. The van der Waals surface area contributed by atoms with Gasteiger partial charge in [0.2, 0.25) is 0 Å². The summed E-state index contributed by atoms with van der Waals surface area (Å²) < 4.78 is 2.02. The maximum atomic E-state index is 7.11. The molecule has 1 aromatic heterocycles. The number of rotatable bonds is 6. The second-order valence-corrected chi connectivity index (χ2v) is 3.82. The molecule has 0 spiro atoms. The summed E-state index contributed by atoms with van der Waals surface area (Å²) in [6.45, 7) is 1.77. The Bertz CT molecular complexity index is 317. The highest BCUT2D eigenvalue weighted by atomic mass is 15.1. The number of aromatic nitrogens is 2. The van der Waals surface area contributed by atoms with Gasteiger partial charge < -0.3 is 10.3 Å². The Labute approximate surface area is 90.4 Å². The van der Waals surface area contributed by atoms with Crippen LogP contribution in [0.3, 0.4) is 0 Å². The number of hydrogen-bond acceptors (Lipinski definition) is 3. The third-order valence-electron chi connectivity index (χ3n) is 2.32. The van der Waals surface area contributed by atoms with E-state index in [4.69, 9.17) is 11.1 Å². The van der Waals surface area contributed by atoms with Crippen LogP contribution >= 0.6 is 0 Å². The van der Waals surface area contributed by atoms with Gasteiger partial charge in [0.15, 0.2) is 0 Å². The van der Waals surface area contributed by atoms with E-state index in [1.807, 2.05) is 17.8 Å². The van der Waals surface area contributed by atoms with Gasteiger partial charge in [0, 0.05) is 25.9 Å². The van der Waals surface area contributed by atoms with E-state index in [1.54, 1.807) is 6.20 Å². The highest BCUT2D eigenvalue weighted by molar-refractivity contribution is 5.76. The summed E-state index contributed by atoms with van der Waals surface area (Å²) in [4.78, 5) is 6.44. The van der Waals surface area contributed by atoms with Crippen LogP contribution < -0.4 is 5.73 Å². The smallest absolute Gasteiger partial charge is 0.122 e. The van der Waals surface area contributed by atoms with E-state index in [-0.39, 0.29) is 5.84 Å². The molecule has 15 heavy (non-hydrogen) atoms. The van der Waals surface area contributed by atoms with Crippen LogP contribution in [0.2, 0.25) is 0 Å². The Hall–Kier alpha value is -1.36. The van der Waals surface area contributed by atoms with Crippen LogP contribution in [-0.4, -0.2) is 33.9 Å². The molecule has 0 atom stereocenters. The van der Waals surface area contributed by atoms with E-state index in [0.717, 1.165) is 25.3 Å². The molecule has 0 radical (unpaired) electrons. The van der Waals surface area contributed by atoms with Gasteiger partial charge in [-0.3, -0.25) is 10.3 Å². The zero-order valence-electron chi connectivity index (χ0n) is 9.40. The Morgan fingerprint density at radius 2 is 2.40 bits per heavy atom. The van der Waals surface area contributed by atoms with Crippen molar-refractivity contribution in [3.05, 3.63) is 18.2 Å². The molecule has 1 rings (SSSR count). The molecule has 1 heterocycles. The van der Waals surface area contributed by atoms with Crippen LogP contribution in [0.1, 0.15) is 18.7 Å². The highest BCUT2D eigenvalue weighted by Crippen LogP contribution is 2.00. The Morgan fingerprint density at radius 1 is 1.67 bits per heavy atom. The number of nitrogens with zero attached hydrogens (tertiary/aromatic N) is 3. The van der Waals surface area contributed by atoms with E-state index in [2.05, 4.69) is 16.9 Å². The summed E-state index contributed by atoms with van der Waals surface area (Å²) in [5.41, 5.74) is 5.29. The molecule has 84 valence electrons. The predicted octanol–water partition coefficient (Wildman–Crippen LogP) is 0.568. The van der Waals surface area contributed by atoms with Crippen molar-refractivity contribution in [2.75, 3.05) is 13.6 Å². The lowest BCUT2D eigenvalue weighted by Gasteiger charge is -2.15. The fourth-order valence-corrected chi connectivity index (χ4v) is 1.41. The Kier molecular flexibility index (Phi) is 4.30. The Balaban J connectivity index is 2.27. The first-order valence-corrected chi connectivity index (χ1v) is 5.07. The lowest BCUT2D eigenvalue weighted by Crippen LogP contribution is -2.22. The van der Waals surface area contributed by atoms with Crippen molar-refractivity contribution < 1.29 is 0 Å². The van der Waals surface area contributed by atoms with Gasteiger partial charge in [0.05, 0.1) is 12.4 Å². The summed E-state index contributed by atoms with van der Waals surface area (Å²) >= 11 is 0. The minimum Gasteiger partial charge on any atom is -0.388 e. The van der Waals surface area contributed by atoms with E-state index < -0.39 is 0 Å². The normalized spacial score (nSPS) is 10.9. The molecule has 0 aromatic carbocycles. The molecule has 5 nitrogen and oxygen atoms in total. The maximum absolute atomic E-state index is 7.11. The average molecular weight is 209 g/mol. The zero-order valence-corrected chi connectivity index (χ0v) is 9.40. The Morgan fingerprint density at radius 3 is 2.93 bits per heavy atom. The average Bonchev–Trinajstić information content (AvgIpc) is 2.51. The minimum atomic E-state index is 0.264. The largest absolute Gasteiger partial charge is 0.388 e. The lowest BCUT2D eigenvalue weighted by atomic mass is 10.3. The van der Waals surface area contributed by atoms with Gasteiger partial charge in [-0.15, -0.1) is 0 Å². The second kappa shape index (κ2) is 5.50.